The van der Waals surface area contributed by atoms with Crippen LogP contribution in [0.1, 0.15) is 49.0 Å². The van der Waals surface area contributed by atoms with E-state index in [2.05, 4.69) is 5.32 Å². The average Bonchev–Trinajstić information content (AvgIpc) is 2.78. The van der Waals surface area contributed by atoms with E-state index in [0.717, 1.165) is 12.0 Å². The Bertz CT molecular complexity index is 694. The van der Waals surface area contributed by atoms with Crippen molar-refractivity contribution in [3.63, 3.8) is 0 Å². The maximum absolute atomic E-state index is 12.1. The van der Waals surface area contributed by atoms with Crippen molar-refractivity contribution in [2.45, 2.75) is 45.1 Å². The summed E-state index contributed by atoms with van der Waals surface area (Å²) in [4.78, 5) is 24.1. The van der Waals surface area contributed by atoms with Crippen molar-refractivity contribution in [2.24, 2.45) is 0 Å². The van der Waals surface area contributed by atoms with Crippen LogP contribution in [0.5, 0.6) is 0 Å². The van der Waals surface area contributed by atoms with Gasteiger partial charge in [-0.15, -0.1) is 0 Å². The molecule has 1 fully saturated rings. The molecule has 5 nitrogen and oxygen atoms in total. The third kappa shape index (κ3) is 4.89. The third-order valence-corrected chi connectivity index (χ3v) is 6.11. The quantitative estimate of drug-likeness (QED) is 0.804. The van der Waals surface area contributed by atoms with E-state index in [1.54, 1.807) is 19.1 Å². The molecule has 0 aliphatic carbocycles. The number of rotatable bonds is 6. The minimum atomic E-state index is -3.06. The number of nitrogens with one attached hydrogen (secondary N) is 1. The molecule has 1 N–H and O–H groups in total. The highest BCUT2D eigenvalue weighted by molar-refractivity contribution is 7.91. The molecule has 1 unspecified atom stereocenters. The molecule has 1 aliphatic rings. The highest BCUT2D eigenvalue weighted by Gasteiger charge is 2.39. The van der Waals surface area contributed by atoms with Gasteiger partial charge in [-0.3, -0.25) is 9.59 Å². The van der Waals surface area contributed by atoms with Crippen molar-refractivity contribution in [2.75, 3.05) is 11.5 Å². The Morgan fingerprint density at radius 1 is 1.17 bits per heavy atom. The number of sulfone groups is 1. The van der Waals surface area contributed by atoms with Crippen LogP contribution in [0.3, 0.4) is 0 Å². The molecule has 6 heteroatoms. The van der Waals surface area contributed by atoms with E-state index >= 15 is 0 Å². The Balaban J connectivity index is 1.85. The number of hydrogen-bond donors (Lipinski definition) is 1. The second kappa shape index (κ2) is 6.83. The fourth-order valence-corrected chi connectivity index (χ4v) is 4.90. The summed E-state index contributed by atoms with van der Waals surface area (Å²) in [5.74, 6) is -0.278. The number of hydrogen-bond acceptors (Lipinski definition) is 4. The van der Waals surface area contributed by atoms with Crippen LogP contribution in [0.2, 0.25) is 0 Å². The Morgan fingerprint density at radius 2 is 1.83 bits per heavy atom. The first kappa shape index (κ1) is 17.7. The normalized spacial score (nSPS) is 22.7. The maximum Gasteiger partial charge on any atom is 0.220 e. The Hall–Kier alpha value is -1.69. The minimum absolute atomic E-state index is 0.0296. The zero-order valence-corrected chi connectivity index (χ0v) is 14.4. The first-order valence-corrected chi connectivity index (χ1v) is 9.69. The third-order valence-electron chi connectivity index (χ3n) is 4.21. The van der Waals surface area contributed by atoms with Gasteiger partial charge in [0.2, 0.25) is 5.91 Å². The average molecular weight is 337 g/mol. The van der Waals surface area contributed by atoms with Crippen LogP contribution >= 0.6 is 0 Å². The number of benzene rings is 1. The first-order valence-electron chi connectivity index (χ1n) is 7.87. The van der Waals surface area contributed by atoms with Gasteiger partial charge in [0.1, 0.15) is 0 Å². The van der Waals surface area contributed by atoms with Gasteiger partial charge < -0.3 is 5.32 Å². The van der Waals surface area contributed by atoms with Gasteiger partial charge in [-0.05, 0) is 25.3 Å². The predicted octanol–water partition coefficient (Wildman–Crippen LogP) is 1.91. The minimum Gasteiger partial charge on any atom is -0.350 e. The molecule has 0 saturated carbocycles. The molecule has 1 aliphatic heterocycles. The van der Waals surface area contributed by atoms with Gasteiger partial charge in [0, 0.05) is 18.4 Å². The monoisotopic (exact) mass is 337 g/mol. The van der Waals surface area contributed by atoms with Crippen LogP contribution in [-0.4, -0.2) is 37.2 Å². The standard InChI is InChI=1S/C17H23NO4S/c1-3-13-4-6-14(7-5-13)15(19)8-9-16(20)18-17(2)10-11-23(21,22)12-17/h4-7H,3,8-12H2,1-2H3,(H,18,20). The molecule has 1 amide bonds. The first-order chi connectivity index (χ1) is 10.7. The number of aryl methyl sites for hydroxylation is 1. The van der Waals surface area contributed by atoms with Gasteiger partial charge in [0.25, 0.3) is 0 Å². The fraction of sp³-hybridized carbons (Fsp3) is 0.529. The topological polar surface area (TPSA) is 80.3 Å². The van der Waals surface area contributed by atoms with E-state index in [1.807, 2.05) is 19.1 Å². The molecule has 2 rings (SSSR count). The summed E-state index contributed by atoms with van der Waals surface area (Å²) in [6.45, 7) is 3.78. The smallest absolute Gasteiger partial charge is 0.220 e. The van der Waals surface area contributed by atoms with E-state index in [9.17, 15) is 18.0 Å². The lowest BCUT2D eigenvalue weighted by molar-refractivity contribution is -0.122. The molecule has 23 heavy (non-hydrogen) atoms. The number of Topliss-reactive ketones (excluding diaryl/α,β-unsaturated/α-hetero) is 1. The zero-order valence-electron chi connectivity index (χ0n) is 13.6. The lowest BCUT2D eigenvalue weighted by Crippen LogP contribution is -2.46. The van der Waals surface area contributed by atoms with Crippen LogP contribution in [0.15, 0.2) is 24.3 Å². The predicted molar refractivity (Wildman–Crippen MR) is 89.2 cm³/mol. The van der Waals surface area contributed by atoms with E-state index < -0.39 is 15.4 Å². The molecule has 0 spiro atoms. The molecule has 1 aromatic rings. The lowest BCUT2D eigenvalue weighted by atomic mass is 10.0. The SMILES string of the molecule is CCc1ccc(C(=O)CCC(=O)NC2(C)CCS(=O)(=O)C2)cc1. The molecule has 0 aromatic heterocycles. The molecule has 1 saturated heterocycles. The number of amides is 1. The zero-order chi connectivity index (χ0) is 17.1. The summed E-state index contributed by atoms with van der Waals surface area (Å²) in [5.41, 5.74) is 1.06. The van der Waals surface area contributed by atoms with Crippen molar-refractivity contribution in [3.8, 4) is 0 Å². The summed E-state index contributed by atoms with van der Waals surface area (Å²) < 4.78 is 23.1. The Labute approximate surface area is 137 Å². The molecule has 126 valence electrons. The summed E-state index contributed by atoms with van der Waals surface area (Å²) in [7, 11) is -3.06. The number of carbonyl (C=O) groups is 2. The van der Waals surface area contributed by atoms with Gasteiger partial charge in [0.15, 0.2) is 15.6 Å². The molecule has 1 aromatic carbocycles. The van der Waals surface area contributed by atoms with Crippen LogP contribution in [0, 0.1) is 0 Å². The van der Waals surface area contributed by atoms with Crippen molar-refractivity contribution in [1.82, 2.24) is 5.32 Å². The Kier molecular flexibility index (Phi) is 5.24. The molecule has 0 radical (unpaired) electrons. The maximum atomic E-state index is 12.1. The van der Waals surface area contributed by atoms with Gasteiger partial charge in [-0.1, -0.05) is 31.2 Å². The summed E-state index contributed by atoms with van der Waals surface area (Å²) in [6, 6.07) is 7.39. The van der Waals surface area contributed by atoms with Crippen molar-refractivity contribution < 1.29 is 18.0 Å². The fourth-order valence-electron chi connectivity index (χ4n) is 2.81. The van der Waals surface area contributed by atoms with Gasteiger partial charge in [-0.25, -0.2) is 8.42 Å². The summed E-state index contributed by atoms with van der Waals surface area (Å²) >= 11 is 0. The Morgan fingerprint density at radius 3 is 2.35 bits per heavy atom. The highest BCUT2D eigenvalue weighted by atomic mass is 32.2. The number of ketones is 1. The van der Waals surface area contributed by atoms with Crippen molar-refractivity contribution in [3.05, 3.63) is 35.4 Å². The summed E-state index contributed by atoms with van der Waals surface area (Å²) in [5, 5.41) is 2.77. The van der Waals surface area contributed by atoms with Crippen LogP contribution < -0.4 is 5.32 Å². The molecular formula is C17H23NO4S. The number of carbonyl (C=O) groups excluding carboxylic acids is 2. The van der Waals surface area contributed by atoms with E-state index in [0.29, 0.717) is 12.0 Å². The van der Waals surface area contributed by atoms with Crippen LogP contribution in [-0.2, 0) is 21.1 Å². The second-order valence-corrected chi connectivity index (χ2v) is 8.61. The van der Waals surface area contributed by atoms with Crippen molar-refractivity contribution in [1.29, 1.82) is 0 Å². The lowest BCUT2D eigenvalue weighted by Gasteiger charge is -2.23. The molecular weight excluding hydrogens is 314 g/mol. The van der Waals surface area contributed by atoms with E-state index in [4.69, 9.17) is 0 Å². The van der Waals surface area contributed by atoms with Crippen LogP contribution in [0.4, 0.5) is 0 Å². The molecule has 0 bridgehead atoms. The molecule has 1 heterocycles. The second-order valence-electron chi connectivity index (χ2n) is 6.42. The molecule has 1 atom stereocenters. The van der Waals surface area contributed by atoms with Crippen LogP contribution in [0.25, 0.3) is 0 Å². The van der Waals surface area contributed by atoms with Gasteiger partial charge >= 0.3 is 0 Å². The summed E-state index contributed by atoms with van der Waals surface area (Å²) in [6.07, 6.45) is 1.54. The van der Waals surface area contributed by atoms with Gasteiger partial charge in [-0.2, -0.15) is 0 Å². The highest BCUT2D eigenvalue weighted by Crippen LogP contribution is 2.23. The van der Waals surface area contributed by atoms with Crippen molar-refractivity contribution >= 4 is 21.5 Å². The largest absolute Gasteiger partial charge is 0.350 e. The van der Waals surface area contributed by atoms with E-state index in [1.165, 1.54) is 0 Å². The van der Waals surface area contributed by atoms with Gasteiger partial charge in [0.05, 0.1) is 17.0 Å². The van der Waals surface area contributed by atoms with E-state index in [-0.39, 0.29) is 36.0 Å².